The van der Waals surface area contributed by atoms with Gasteiger partial charge in [-0.15, -0.1) is 0 Å². The summed E-state index contributed by atoms with van der Waals surface area (Å²) >= 11 is 0. The van der Waals surface area contributed by atoms with Crippen LogP contribution in [0.5, 0.6) is 0 Å². The van der Waals surface area contributed by atoms with Gasteiger partial charge < -0.3 is 10.7 Å². The van der Waals surface area contributed by atoms with Gasteiger partial charge in [0.25, 0.3) is 0 Å². The van der Waals surface area contributed by atoms with E-state index >= 15 is 0 Å². The fourth-order valence-electron chi connectivity index (χ4n) is 2.40. The second-order valence-corrected chi connectivity index (χ2v) is 5.20. The van der Waals surface area contributed by atoms with Crippen LogP contribution in [0.2, 0.25) is 0 Å². The first-order valence-electron chi connectivity index (χ1n) is 7.29. The third-order valence-electron chi connectivity index (χ3n) is 3.52. The molecule has 6 nitrogen and oxygen atoms in total. The molecule has 0 aromatic carbocycles. The van der Waals surface area contributed by atoms with Gasteiger partial charge in [-0.3, -0.25) is 14.5 Å². The molecule has 1 heterocycles. The van der Waals surface area contributed by atoms with Crippen molar-refractivity contribution in [1.82, 2.24) is 10.2 Å². The highest BCUT2D eigenvalue weighted by Gasteiger charge is 2.31. The molecule has 2 N–H and O–H groups in total. The fourth-order valence-corrected chi connectivity index (χ4v) is 2.40. The zero-order valence-corrected chi connectivity index (χ0v) is 12.7. The Balaban J connectivity index is 2.18. The molecule has 0 aromatic rings. The van der Waals surface area contributed by atoms with Crippen molar-refractivity contribution < 1.29 is 9.59 Å². The maximum absolute atomic E-state index is 12.1. The zero-order valence-electron chi connectivity index (χ0n) is 12.7. The van der Waals surface area contributed by atoms with Gasteiger partial charge in [-0.2, -0.15) is 0 Å². The lowest BCUT2D eigenvalue weighted by molar-refractivity contribution is -0.134. The molecule has 1 amide bonds. The molecule has 0 spiro atoms. The molecule has 2 rings (SSSR count). The normalized spacial score (nSPS) is 18.7. The first-order valence-corrected chi connectivity index (χ1v) is 7.29. The lowest BCUT2D eigenvalue weighted by Gasteiger charge is -2.28. The molecular formula is C16H20N4O2. The molecule has 1 aliphatic heterocycles. The molecule has 0 fully saturated rings. The van der Waals surface area contributed by atoms with Crippen LogP contribution in [0.4, 0.5) is 0 Å². The molecule has 2 aliphatic rings. The van der Waals surface area contributed by atoms with Gasteiger partial charge >= 0.3 is 0 Å². The highest BCUT2D eigenvalue weighted by atomic mass is 16.2. The summed E-state index contributed by atoms with van der Waals surface area (Å²) in [5, 5.41) is 10.6. The van der Waals surface area contributed by atoms with E-state index in [1.54, 1.807) is 6.08 Å². The molecule has 0 saturated carbocycles. The van der Waals surface area contributed by atoms with Gasteiger partial charge in [-0.1, -0.05) is 19.1 Å². The summed E-state index contributed by atoms with van der Waals surface area (Å²) in [6.07, 6.45) is 6.77. The van der Waals surface area contributed by atoms with Gasteiger partial charge in [0.05, 0.1) is 6.42 Å². The molecular weight excluding hydrogens is 280 g/mol. The van der Waals surface area contributed by atoms with E-state index in [0.29, 0.717) is 36.7 Å². The molecule has 0 aromatic heterocycles. The lowest BCUT2D eigenvalue weighted by Crippen LogP contribution is -2.41. The van der Waals surface area contributed by atoms with Crippen LogP contribution in [-0.4, -0.2) is 42.1 Å². The monoisotopic (exact) mass is 300 g/mol. The number of carbonyl (C=O) groups excluding carboxylic acids is 2. The number of carbonyl (C=O) groups is 2. The van der Waals surface area contributed by atoms with Crippen LogP contribution in [0.15, 0.2) is 40.3 Å². The van der Waals surface area contributed by atoms with Gasteiger partial charge in [0.2, 0.25) is 5.91 Å². The number of nitrogens with one attached hydrogen (secondary N) is 2. The van der Waals surface area contributed by atoms with Crippen molar-refractivity contribution in [2.75, 3.05) is 13.1 Å². The minimum absolute atomic E-state index is 0.138. The first kappa shape index (κ1) is 15.9. The van der Waals surface area contributed by atoms with Crippen LogP contribution >= 0.6 is 0 Å². The molecule has 0 atom stereocenters. The van der Waals surface area contributed by atoms with E-state index in [-0.39, 0.29) is 18.1 Å². The summed E-state index contributed by atoms with van der Waals surface area (Å²) in [5.41, 5.74) is 1.90. The molecule has 6 heteroatoms. The molecule has 0 bridgehead atoms. The Morgan fingerprint density at radius 3 is 2.77 bits per heavy atom. The van der Waals surface area contributed by atoms with E-state index in [1.807, 2.05) is 19.1 Å². The standard InChI is InChI=1S/C16H20N4O2/c1-3-8-20-14(22)9-13(21)15(16(20)18-2)19-10-11-4-6-12(17)7-5-11/h4-6,17,19H,2-3,7-10H2,1H3. The van der Waals surface area contributed by atoms with Crippen molar-refractivity contribution in [2.45, 2.75) is 26.2 Å². The Labute approximate surface area is 129 Å². The molecule has 0 radical (unpaired) electrons. The number of ketones is 1. The fraction of sp³-hybridized carbons (Fsp3) is 0.375. The van der Waals surface area contributed by atoms with Gasteiger partial charge in [0.15, 0.2) is 11.6 Å². The molecule has 0 unspecified atom stereocenters. The van der Waals surface area contributed by atoms with Crippen molar-refractivity contribution in [1.29, 1.82) is 5.41 Å². The Hall–Kier alpha value is -2.50. The van der Waals surface area contributed by atoms with Gasteiger partial charge in [-0.05, 0) is 24.8 Å². The maximum Gasteiger partial charge on any atom is 0.236 e. The van der Waals surface area contributed by atoms with Gasteiger partial charge in [-0.25, -0.2) is 4.99 Å². The van der Waals surface area contributed by atoms with Gasteiger partial charge in [0, 0.05) is 25.2 Å². The Morgan fingerprint density at radius 2 is 2.18 bits per heavy atom. The second kappa shape index (κ2) is 6.98. The summed E-state index contributed by atoms with van der Waals surface area (Å²) in [4.78, 5) is 29.5. The third-order valence-corrected chi connectivity index (χ3v) is 3.52. The zero-order chi connectivity index (χ0) is 16.1. The smallest absolute Gasteiger partial charge is 0.236 e. The number of hydrogen-bond acceptors (Lipinski definition) is 5. The molecule has 1 aliphatic carbocycles. The Bertz CT molecular complexity index is 614. The summed E-state index contributed by atoms with van der Waals surface area (Å²) < 4.78 is 0. The molecule has 22 heavy (non-hydrogen) atoms. The second-order valence-electron chi connectivity index (χ2n) is 5.20. The molecule has 116 valence electrons. The van der Waals surface area contributed by atoms with Crippen molar-refractivity contribution in [3.05, 3.63) is 35.3 Å². The Morgan fingerprint density at radius 1 is 1.41 bits per heavy atom. The van der Waals surface area contributed by atoms with E-state index < -0.39 is 0 Å². The van der Waals surface area contributed by atoms with Crippen LogP contribution < -0.4 is 5.32 Å². The van der Waals surface area contributed by atoms with E-state index in [2.05, 4.69) is 17.0 Å². The van der Waals surface area contributed by atoms with E-state index in [4.69, 9.17) is 5.41 Å². The number of rotatable bonds is 6. The Kier molecular flexibility index (Phi) is 5.04. The number of nitrogens with zero attached hydrogens (tertiary/aromatic N) is 2. The predicted octanol–water partition coefficient (Wildman–Crippen LogP) is 1.56. The number of allylic oxidation sites excluding steroid dienone is 3. The van der Waals surface area contributed by atoms with Crippen molar-refractivity contribution >= 4 is 24.1 Å². The lowest BCUT2D eigenvalue weighted by atomic mass is 10.0. The van der Waals surface area contributed by atoms with Crippen LogP contribution in [0.25, 0.3) is 0 Å². The summed E-state index contributed by atoms with van der Waals surface area (Å²) in [5.74, 6) is -0.172. The van der Waals surface area contributed by atoms with Crippen molar-refractivity contribution in [2.24, 2.45) is 4.99 Å². The number of amides is 1. The number of aliphatic imine (C=N–C) groups is 1. The van der Waals surface area contributed by atoms with E-state index in [9.17, 15) is 9.59 Å². The van der Waals surface area contributed by atoms with Crippen molar-refractivity contribution in [3.63, 3.8) is 0 Å². The van der Waals surface area contributed by atoms with Crippen LogP contribution in [-0.2, 0) is 9.59 Å². The molecule has 0 saturated heterocycles. The van der Waals surface area contributed by atoms with E-state index in [1.165, 1.54) is 4.90 Å². The summed E-state index contributed by atoms with van der Waals surface area (Å²) in [7, 11) is 0. The summed E-state index contributed by atoms with van der Waals surface area (Å²) in [6.45, 7) is 6.43. The largest absolute Gasteiger partial charge is 0.375 e. The van der Waals surface area contributed by atoms with Crippen LogP contribution in [0.3, 0.4) is 0 Å². The van der Waals surface area contributed by atoms with Gasteiger partial charge in [0.1, 0.15) is 5.70 Å². The highest BCUT2D eigenvalue weighted by Crippen LogP contribution is 2.20. The minimum atomic E-state index is -0.257. The van der Waals surface area contributed by atoms with Crippen LogP contribution in [0.1, 0.15) is 26.2 Å². The number of hydrogen-bond donors (Lipinski definition) is 2. The average molecular weight is 300 g/mol. The SMILES string of the molecule is C=NC1=C(NCC2=CCC(=N)C=C2)C(=O)CC(=O)N1CCC. The predicted molar refractivity (Wildman–Crippen MR) is 85.8 cm³/mol. The van der Waals surface area contributed by atoms with Crippen molar-refractivity contribution in [3.8, 4) is 0 Å². The van der Waals surface area contributed by atoms with E-state index in [0.717, 1.165) is 12.0 Å². The highest BCUT2D eigenvalue weighted by molar-refractivity contribution is 6.10. The quantitative estimate of drug-likeness (QED) is 0.576. The maximum atomic E-state index is 12.1. The third kappa shape index (κ3) is 3.39. The topological polar surface area (TPSA) is 85.6 Å². The number of Topliss-reactive ketones (excluding diaryl/α,β-unsaturated/α-hetero) is 1. The van der Waals surface area contributed by atoms with Crippen LogP contribution in [0, 0.1) is 5.41 Å². The minimum Gasteiger partial charge on any atom is -0.375 e. The average Bonchev–Trinajstić information content (AvgIpc) is 2.50. The first-order chi connectivity index (χ1) is 10.6. The summed E-state index contributed by atoms with van der Waals surface area (Å²) in [6, 6.07) is 0.